The van der Waals surface area contributed by atoms with Crippen LogP contribution < -0.4 is 4.74 Å². The summed E-state index contributed by atoms with van der Waals surface area (Å²) in [7, 11) is 0. The van der Waals surface area contributed by atoms with Crippen molar-refractivity contribution in [3.05, 3.63) is 31.0 Å². The van der Waals surface area contributed by atoms with E-state index in [0.29, 0.717) is 19.0 Å². The molecule has 0 saturated carbocycles. The van der Waals surface area contributed by atoms with Crippen LogP contribution in [0, 0.1) is 0 Å². The number of ether oxygens (including phenoxy) is 2. The Morgan fingerprint density at radius 2 is 1.88 bits per heavy atom. The van der Waals surface area contributed by atoms with Gasteiger partial charge in [0, 0.05) is 6.61 Å². The van der Waals surface area contributed by atoms with Gasteiger partial charge in [0.05, 0.1) is 12.8 Å². The molecule has 0 aromatic carbocycles. The Morgan fingerprint density at radius 1 is 1.15 bits per heavy atom. The molecule has 8 nitrogen and oxygen atoms in total. The van der Waals surface area contributed by atoms with E-state index in [-0.39, 0.29) is 0 Å². The van der Waals surface area contributed by atoms with Crippen LogP contribution in [0.3, 0.4) is 0 Å². The highest BCUT2D eigenvalue weighted by Gasteiger charge is 2.27. The maximum atomic E-state index is 10.9. The Hall–Kier alpha value is -2.48. The lowest BCUT2D eigenvalue weighted by atomic mass is 10.1. The van der Waals surface area contributed by atoms with Gasteiger partial charge in [0.1, 0.15) is 18.4 Å². The van der Waals surface area contributed by atoms with Crippen molar-refractivity contribution in [2.24, 2.45) is 0 Å². The SMILES string of the molecule is CC(C)(OCCCCCCCOc1ccc(-n2cncn2)nc1)C(=O)O. The zero-order chi connectivity index (χ0) is 18.8. The van der Waals surface area contributed by atoms with Gasteiger partial charge in [0.2, 0.25) is 0 Å². The molecule has 2 aromatic rings. The van der Waals surface area contributed by atoms with Crippen LogP contribution in [0.25, 0.3) is 5.82 Å². The second-order valence-electron chi connectivity index (χ2n) is 6.47. The van der Waals surface area contributed by atoms with Crippen molar-refractivity contribution in [2.75, 3.05) is 13.2 Å². The van der Waals surface area contributed by atoms with Gasteiger partial charge >= 0.3 is 5.97 Å². The first kappa shape index (κ1) is 19.8. The van der Waals surface area contributed by atoms with E-state index < -0.39 is 11.6 Å². The molecular formula is C18H26N4O4. The molecule has 142 valence electrons. The molecule has 0 aliphatic heterocycles. The van der Waals surface area contributed by atoms with Crippen molar-refractivity contribution < 1.29 is 19.4 Å². The Labute approximate surface area is 153 Å². The van der Waals surface area contributed by atoms with E-state index in [4.69, 9.17) is 14.6 Å². The molecule has 0 unspecified atom stereocenters. The van der Waals surface area contributed by atoms with Gasteiger partial charge in [-0.25, -0.2) is 19.4 Å². The maximum Gasteiger partial charge on any atom is 0.335 e. The Morgan fingerprint density at radius 3 is 2.50 bits per heavy atom. The third kappa shape index (κ3) is 6.44. The highest BCUT2D eigenvalue weighted by Crippen LogP contribution is 2.13. The standard InChI is InChI=1S/C18H26N4O4/c1-18(2,17(23)24)26-11-7-5-3-4-6-10-25-15-8-9-16(20-12-15)22-14-19-13-21-22/h8-9,12-14H,3-7,10-11H2,1-2H3,(H,23,24). The van der Waals surface area contributed by atoms with Crippen molar-refractivity contribution >= 4 is 5.97 Å². The quantitative estimate of drug-likeness (QED) is 0.580. The molecule has 2 rings (SSSR count). The summed E-state index contributed by atoms with van der Waals surface area (Å²) in [6.45, 7) is 4.26. The van der Waals surface area contributed by atoms with Crippen molar-refractivity contribution in [1.29, 1.82) is 0 Å². The van der Waals surface area contributed by atoms with E-state index in [2.05, 4.69) is 15.1 Å². The summed E-state index contributed by atoms with van der Waals surface area (Å²) >= 11 is 0. The number of rotatable bonds is 12. The number of carbonyl (C=O) groups is 1. The van der Waals surface area contributed by atoms with Gasteiger partial charge in [-0.1, -0.05) is 19.3 Å². The molecule has 0 fully saturated rings. The first-order chi connectivity index (χ1) is 12.5. The number of carboxylic acid groups (broad SMARTS) is 1. The van der Waals surface area contributed by atoms with Gasteiger partial charge < -0.3 is 14.6 Å². The highest BCUT2D eigenvalue weighted by molar-refractivity contribution is 5.76. The van der Waals surface area contributed by atoms with Crippen LogP contribution in [-0.4, -0.2) is 49.6 Å². The van der Waals surface area contributed by atoms with Gasteiger partial charge in [-0.05, 0) is 38.8 Å². The summed E-state index contributed by atoms with van der Waals surface area (Å²) in [5.74, 6) is 0.500. The predicted octanol–water partition coefficient (Wildman–Crippen LogP) is 2.87. The molecule has 2 heterocycles. The number of unbranched alkanes of at least 4 members (excludes halogenated alkanes) is 4. The smallest absolute Gasteiger partial charge is 0.335 e. The lowest BCUT2D eigenvalue weighted by Gasteiger charge is -2.19. The zero-order valence-electron chi connectivity index (χ0n) is 15.3. The number of aliphatic carboxylic acids is 1. The maximum absolute atomic E-state index is 10.9. The number of hydrogen-bond donors (Lipinski definition) is 1. The molecule has 0 radical (unpaired) electrons. The average Bonchev–Trinajstić information content (AvgIpc) is 3.15. The third-order valence-electron chi connectivity index (χ3n) is 3.91. The van der Waals surface area contributed by atoms with Crippen molar-refractivity contribution in [3.8, 4) is 11.6 Å². The topological polar surface area (TPSA) is 99.4 Å². The van der Waals surface area contributed by atoms with Gasteiger partial charge in [0.25, 0.3) is 0 Å². The minimum atomic E-state index is -1.11. The molecule has 0 aliphatic carbocycles. The fraction of sp³-hybridized carbons (Fsp3) is 0.556. The number of hydrogen-bond acceptors (Lipinski definition) is 6. The number of aromatic nitrogens is 4. The molecule has 0 bridgehead atoms. The van der Waals surface area contributed by atoms with E-state index in [1.807, 2.05) is 12.1 Å². The van der Waals surface area contributed by atoms with Crippen LogP contribution >= 0.6 is 0 Å². The summed E-state index contributed by atoms with van der Waals surface area (Å²) in [5, 5.41) is 13.0. The highest BCUT2D eigenvalue weighted by atomic mass is 16.5. The Balaban J connectivity index is 1.51. The minimum Gasteiger partial charge on any atom is -0.492 e. The van der Waals surface area contributed by atoms with Crippen LogP contribution in [0.15, 0.2) is 31.0 Å². The van der Waals surface area contributed by atoms with Crippen molar-refractivity contribution in [3.63, 3.8) is 0 Å². The fourth-order valence-electron chi connectivity index (χ4n) is 2.23. The van der Waals surface area contributed by atoms with Gasteiger partial charge in [-0.3, -0.25) is 0 Å². The van der Waals surface area contributed by atoms with Crippen molar-refractivity contribution in [2.45, 2.75) is 51.6 Å². The lowest BCUT2D eigenvalue weighted by Crippen LogP contribution is -2.35. The van der Waals surface area contributed by atoms with Crippen LogP contribution in [-0.2, 0) is 9.53 Å². The molecule has 0 amide bonds. The summed E-state index contributed by atoms with van der Waals surface area (Å²) in [4.78, 5) is 19.1. The van der Waals surface area contributed by atoms with Crippen LogP contribution in [0.2, 0.25) is 0 Å². The van der Waals surface area contributed by atoms with Gasteiger partial charge in [-0.15, -0.1) is 0 Å². The molecule has 8 heteroatoms. The molecule has 0 saturated heterocycles. The Kier molecular flexibility index (Phi) is 7.53. The largest absolute Gasteiger partial charge is 0.492 e. The third-order valence-corrected chi connectivity index (χ3v) is 3.91. The molecule has 2 aromatic heterocycles. The molecule has 0 atom stereocenters. The van der Waals surface area contributed by atoms with E-state index in [1.165, 1.54) is 6.33 Å². The van der Waals surface area contributed by atoms with E-state index >= 15 is 0 Å². The number of pyridine rings is 1. The lowest BCUT2D eigenvalue weighted by molar-refractivity contribution is -0.161. The van der Waals surface area contributed by atoms with E-state index in [0.717, 1.165) is 37.9 Å². The summed E-state index contributed by atoms with van der Waals surface area (Å²) < 4.78 is 12.6. The second kappa shape index (κ2) is 9.86. The van der Waals surface area contributed by atoms with E-state index in [9.17, 15) is 4.79 Å². The Bertz CT molecular complexity index is 656. The van der Waals surface area contributed by atoms with Crippen LogP contribution in [0.1, 0.15) is 46.0 Å². The summed E-state index contributed by atoms with van der Waals surface area (Å²) in [6.07, 6.45) is 9.72. The summed E-state index contributed by atoms with van der Waals surface area (Å²) in [6, 6.07) is 3.70. The molecule has 0 spiro atoms. The minimum absolute atomic E-state index is 0.472. The number of nitrogens with zero attached hydrogens (tertiary/aromatic N) is 4. The van der Waals surface area contributed by atoms with E-state index in [1.54, 1.807) is 31.1 Å². The fourth-order valence-corrected chi connectivity index (χ4v) is 2.23. The first-order valence-electron chi connectivity index (χ1n) is 8.80. The van der Waals surface area contributed by atoms with Crippen LogP contribution in [0.4, 0.5) is 0 Å². The normalized spacial score (nSPS) is 11.5. The molecular weight excluding hydrogens is 336 g/mol. The molecule has 26 heavy (non-hydrogen) atoms. The van der Waals surface area contributed by atoms with Gasteiger partial charge in [-0.2, -0.15) is 5.10 Å². The predicted molar refractivity (Wildman–Crippen MR) is 95.4 cm³/mol. The second-order valence-corrected chi connectivity index (χ2v) is 6.47. The van der Waals surface area contributed by atoms with Crippen molar-refractivity contribution in [1.82, 2.24) is 19.7 Å². The molecule has 1 N–H and O–H groups in total. The van der Waals surface area contributed by atoms with Gasteiger partial charge in [0.15, 0.2) is 11.4 Å². The number of carboxylic acids is 1. The molecule has 0 aliphatic rings. The first-order valence-corrected chi connectivity index (χ1v) is 8.80. The zero-order valence-corrected chi connectivity index (χ0v) is 15.3. The monoisotopic (exact) mass is 362 g/mol. The van der Waals surface area contributed by atoms with Crippen LogP contribution in [0.5, 0.6) is 5.75 Å². The summed E-state index contributed by atoms with van der Waals surface area (Å²) in [5.41, 5.74) is -1.11. The average molecular weight is 362 g/mol.